The normalized spacial score (nSPS) is 11.4. The Hall–Kier alpha value is -0.970. The van der Waals surface area contributed by atoms with Gasteiger partial charge < -0.3 is 11.1 Å². The van der Waals surface area contributed by atoms with Crippen LogP contribution in [0.2, 0.25) is 0 Å². The first-order valence-electron chi connectivity index (χ1n) is 4.40. The minimum atomic E-state index is 0.185. The number of aromatic nitrogens is 2. The van der Waals surface area contributed by atoms with Crippen molar-refractivity contribution in [2.24, 2.45) is 0 Å². The average Bonchev–Trinajstić information content (AvgIpc) is 2.17. The van der Waals surface area contributed by atoms with E-state index in [1.165, 1.54) is 0 Å². The van der Waals surface area contributed by atoms with Crippen LogP contribution in [-0.2, 0) is 0 Å². The Balaban J connectivity index is 2.50. The van der Waals surface area contributed by atoms with E-state index in [1.54, 1.807) is 24.2 Å². The molecule has 0 aliphatic heterocycles. The molecule has 0 radical (unpaired) electrons. The van der Waals surface area contributed by atoms with Gasteiger partial charge >= 0.3 is 0 Å². The molecule has 1 aromatic rings. The lowest BCUT2D eigenvalue weighted by Gasteiger charge is -2.21. The van der Waals surface area contributed by atoms with Gasteiger partial charge in [-0.2, -0.15) is 11.8 Å². The highest BCUT2D eigenvalue weighted by molar-refractivity contribution is 7.99. The van der Waals surface area contributed by atoms with E-state index in [-0.39, 0.29) is 4.75 Å². The summed E-state index contributed by atoms with van der Waals surface area (Å²) in [6, 6.07) is 0. The zero-order valence-corrected chi connectivity index (χ0v) is 9.56. The molecular weight excluding hydrogens is 196 g/mol. The van der Waals surface area contributed by atoms with Crippen LogP contribution in [0.25, 0.3) is 0 Å². The first kappa shape index (κ1) is 11.1. The van der Waals surface area contributed by atoms with Gasteiger partial charge in [0.05, 0.1) is 18.1 Å². The summed E-state index contributed by atoms with van der Waals surface area (Å²) in [4.78, 5) is 8.12. The number of nitrogens with zero attached hydrogens (tertiary/aromatic N) is 2. The number of thioether (sulfide) groups is 1. The smallest absolute Gasteiger partial charge is 0.222 e. The molecule has 1 aromatic heterocycles. The van der Waals surface area contributed by atoms with Gasteiger partial charge in [-0.3, -0.25) is 0 Å². The van der Waals surface area contributed by atoms with Gasteiger partial charge in [-0.15, -0.1) is 0 Å². The summed E-state index contributed by atoms with van der Waals surface area (Å²) in [6.45, 7) is 5.17. The summed E-state index contributed by atoms with van der Waals surface area (Å²) in [5, 5.41) is 3.16. The van der Waals surface area contributed by atoms with Gasteiger partial charge in [0, 0.05) is 11.3 Å². The standard InChI is InChI=1S/C9H16N4S/c1-9(2,14-3)6-13-8-11-4-7(10)5-12-8/h4-5H,6,10H2,1-3H3,(H,11,12,13). The Morgan fingerprint density at radius 1 is 1.43 bits per heavy atom. The van der Waals surface area contributed by atoms with E-state index in [0.29, 0.717) is 11.6 Å². The number of rotatable bonds is 4. The Morgan fingerprint density at radius 2 is 2.00 bits per heavy atom. The minimum Gasteiger partial charge on any atom is -0.396 e. The van der Waals surface area contributed by atoms with Gasteiger partial charge in [-0.25, -0.2) is 9.97 Å². The van der Waals surface area contributed by atoms with Crippen molar-refractivity contribution in [3.63, 3.8) is 0 Å². The molecule has 0 amide bonds. The lowest BCUT2D eigenvalue weighted by Crippen LogP contribution is -2.26. The highest BCUT2D eigenvalue weighted by Crippen LogP contribution is 2.20. The molecule has 14 heavy (non-hydrogen) atoms. The van der Waals surface area contributed by atoms with Gasteiger partial charge in [-0.05, 0) is 20.1 Å². The van der Waals surface area contributed by atoms with Crippen molar-refractivity contribution in [1.29, 1.82) is 0 Å². The number of nitrogen functional groups attached to an aromatic ring is 1. The van der Waals surface area contributed by atoms with Crippen molar-refractivity contribution < 1.29 is 0 Å². The predicted molar refractivity (Wildman–Crippen MR) is 62.5 cm³/mol. The van der Waals surface area contributed by atoms with Gasteiger partial charge in [0.2, 0.25) is 5.95 Å². The maximum absolute atomic E-state index is 5.48. The van der Waals surface area contributed by atoms with Crippen LogP contribution in [0.5, 0.6) is 0 Å². The molecule has 5 heteroatoms. The summed E-state index contributed by atoms with van der Waals surface area (Å²) < 4.78 is 0.185. The predicted octanol–water partition coefficient (Wildman–Crippen LogP) is 1.61. The third kappa shape index (κ3) is 3.41. The second-order valence-electron chi connectivity index (χ2n) is 3.66. The molecule has 0 atom stereocenters. The van der Waals surface area contributed by atoms with Gasteiger partial charge in [-0.1, -0.05) is 0 Å². The van der Waals surface area contributed by atoms with Crippen LogP contribution >= 0.6 is 11.8 Å². The van der Waals surface area contributed by atoms with E-state index in [2.05, 4.69) is 35.4 Å². The maximum Gasteiger partial charge on any atom is 0.222 e. The number of hydrogen-bond acceptors (Lipinski definition) is 5. The number of nitrogens with one attached hydrogen (secondary N) is 1. The van der Waals surface area contributed by atoms with E-state index in [4.69, 9.17) is 5.73 Å². The van der Waals surface area contributed by atoms with Crippen LogP contribution in [0, 0.1) is 0 Å². The second kappa shape index (κ2) is 4.50. The number of hydrogen-bond donors (Lipinski definition) is 2. The molecule has 0 fully saturated rings. The Morgan fingerprint density at radius 3 is 2.50 bits per heavy atom. The second-order valence-corrected chi connectivity index (χ2v) is 5.17. The van der Waals surface area contributed by atoms with E-state index in [1.807, 2.05) is 0 Å². The van der Waals surface area contributed by atoms with Crippen LogP contribution in [0.15, 0.2) is 12.4 Å². The van der Waals surface area contributed by atoms with E-state index >= 15 is 0 Å². The van der Waals surface area contributed by atoms with Crippen LogP contribution < -0.4 is 11.1 Å². The van der Waals surface area contributed by atoms with Crippen LogP contribution in [0.4, 0.5) is 11.6 Å². The van der Waals surface area contributed by atoms with Crippen molar-refractivity contribution in [1.82, 2.24) is 9.97 Å². The lowest BCUT2D eigenvalue weighted by atomic mass is 10.2. The van der Waals surface area contributed by atoms with Crippen molar-refractivity contribution in [3.8, 4) is 0 Å². The van der Waals surface area contributed by atoms with Gasteiger partial charge in [0.15, 0.2) is 0 Å². The maximum atomic E-state index is 5.48. The molecule has 78 valence electrons. The van der Waals surface area contributed by atoms with Crippen LogP contribution in [0.1, 0.15) is 13.8 Å². The fourth-order valence-electron chi connectivity index (χ4n) is 0.793. The first-order chi connectivity index (χ1) is 6.53. The molecule has 3 N–H and O–H groups in total. The average molecular weight is 212 g/mol. The lowest BCUT2D eigenvalue weighted by molar-refractivity contribution is 0.747. The van der Waals surface area contributed by atoms with E-state index < -0.39 is 0 Å². The fourth-order valence-corrected chi connectivity index (χ4v) is 1.01. The third-order valence-corrected chi connectivity index (χ3v) is 3.15. The molecule has 1 heterocycles. The monoisotopic (exact) mass is 212 g/mol. The molecule has 0 aliphatic carbocycles. The molecule has 1 rings (SSSR count). The largest absolute Gasteiger partial charge is 0.396 e. The summed E-state index contributed by atoms with van der Waals surface area (Å²) in [5.41, 5.74) is 6.06. The molecular formula is C9H16N4S. The Labute approximate surface area is 88.7 Å². The molecule has 0 aliphatic rings. The molecule has 0 unspecified atom stereocenters. The summed E-state index contributed by atoms with van der Waals surface area (Å²) in [5.74, 6) is 0.626. The highest BCUT2D eigenvalue weighted by Gasteiger charge is 2.15. The topological polar surface area (TPSA) is 63.8 Å². The Kier molecular flexibility index (Phi) is 3.57. The molecule has 0 spiro atoms. The SMILES string of the molecule is CSC(C)(C)CNc1ncc(N)cn1. The van der Waals surface area contributed by atoms with Crippen molar-refractivity contribution in [2.45, 2.75) is 18.6 Å². The van der Waals surface area contributed by atoms with E-state index in [9.17, 15) is 0 Å². The van der Waals surface area contributed by atoms with Gasteiger partial charge in [0.1, 0.15) is 0 Å². The van der Waals surface area contributed by atoms with Crippen molar-refractivity contribution in [2.75, 3.05) is 23.9 Å². The molecule has 4 nitrogen and oxygen atoms in total. The minimum absolute atomic E-state index is 0.185. The summed E-state index contributed by atoms with van der Waals surface area (Å²) in [6.07, 6.45) is 5.29. The number of nitrogens with two attached hydrogens (primary N) is 1. The fraction of sp³-hybridized carbons (Fsp3) is 0.556. The van der Waals surface area contributed by atoms with Crippen LogP contribution in [-0.4, -0.2) is 27.5 Å². The summed E-state index contributed by atoms with van der Waals surface area (Å²) >= 11 is 1.81. The van der Waals surface area contributed by atoms with E-state index in [0.717, 1.165) is 6.54 Å². The van der Waals surface area contributed by atoms with Crippen LogP contribution in [0.3, 0.4) is 0 Å². The quantitative estimate of drug-likeness (QED) is 0.794. The molecule has 0 saturated carbocycles. The first-order valence-corrected chi connectivity index (χ1v) is 5.62. The van der Waals surface area contributed by atoms with Gasteiger partial charge in [0.25, 0.3) is 0 Å². The highest BCUT2D eigenvalue weighted by atomic mass is 32.2. The Bertz CT molecular complexity index is 283. The summed E-state index contributed by atoms with van der Waals surface area (Å²) in [7, 11) is 0. The third-order valence-electron chi connectivity index (χ3n) is 1.90. The van der Waals surface area contributed by atoms with Crippen molar-refractivity contribution in [3.05, 3.63) is 12.4 Å². The molecule has 0 bridgehead atoms. The zero-order valence-electron chi connectivity index (χ0n) is 8.74. The van der Waals surface area contributed by atoms with Crippen molar-refractivity contribution >= 4 is 23.4 Å². The zero-order chi connectivity index (χ0) is 10.6. The molecule has 0 aromatic carbocycles. The number of anilines is 2. The molecule has 0 saturated heterocycles.